The van der Waals surface area contributed by atoms with Crippen molar-refractivity contribution in [1.82, 2.24) is 5.32 Å². The van der Waals surface area contributed by atoms with Crippen molar-refractivity contribution in [3.63, 3.8) is 0 Å². The van der Waals surface area contributed by atoms with Crippen LogP contribution in [-0.2, 0) is 0 Å². The molecule has 0 radical (unpaired) electrons. The van der Waals surface area contributed by atoms with Crippen molar-refractivity contribution in [3.05, 3.63) is 30.3 Å². The second-order valence-electron chi connectivity index (χ2n) is 5.85. The van der Waals surface area contributed by atoms with Gasteiger partial charge in [0.2, 0.25) is 0 Å². The minimum atomic E-state index is 0.611. The molecule has 1 aromatic carbocycles. The molecule has 114 valence electrons. The summed E-state index contributed by atoms with van der Waals surface area (Å²) in [7, 11) is 0. The summed E-state index contributed by atoms with van der Waals surface area (Å²) < 4.78 is 0. The van der Waals surface area contributed by atoms with Crippen LogP contribution in [0.4, 0.5) is 5.69 Å². The Balaban J connectivity index is 2.27. The van der Waals surface area contributed by atoms with Crippen LogP contribution < -0.4 is 10.2 Å². The van der Waals surface area contributed by atoms with Gasteiger partial charge in [-0.05, 0) is 37.9 Å². The minimum absolute atomic E-state index is 0.611. The standard InChI is InChI=1S/C18H32N2/c1-4-5-15-20(18-12-8-6-9-13-18)16-11-7-10-14-19-17(2)3/h6,8-9,12-13,17,19H,4-5,7,10-11,14-16H2,1-3H3. The predicted octanol–water partition coefficient (Wildman–Crippen LogP) is 4.46. The number of nitrogens with one attached hydrogen (secondary N) is 1. The Morgan fingerprint density at radius 2 is 1.65 bits per heavy atom. The zero-order chi connectivity index (χ0) is 14.6. The maximum Gasteiger partial charge on any atom is 0.0366 e. The molecule has 0 aliphatic heterocycles. The summed E-state index contributed by atoms with van der Waals surface area (Å²) in [6, 6.07) is 11.5. The highest BCUT2D eigenvalue weighted by atomic mass is 15.1. The van der Waals surface area contributed by atoms with E-state index in [4.69, 9.17) is 0 Å². The van der Waals surface area contributed by atoms with Crippen LogP contribution >= 0.6 is 0 Å². The fraction of sp³-hybridized carbons (Fsp3) is 0.667. The monoisotopic (exact) mass is 276 g/mol. The number of benzene rings is 1. The van der Waals surface area contributed by atoms with Crippen LogP contribution in [0.5, 0.6) is 0 Å². The first kappa shape index (κ1) is 17.0. The van der Waals surface area contributed by atoms with Crippen LogP contribution in [0.15, 0.2) is 30.3 Å². The molecule has 1 rings (SSSR count). The summed E-state index contributed by atoms with van der Waals surface area (Å²) in [6.07, 6.45) is 6.44. The number of unbranched alkanes of at least 4 members (excludes halogenated alkanes) is 3. The fourth-order valence-corrected chi connectivity index (χ4v) is 2.35. The molecule has 2 nitrogen and oxygen atoms in total. The van der Waals surface area contributed by atoms with Gasteiger partial charge in [-0.25, -0.2) is 0 Å². The fourth-order valence-electron chi connectivity index (χ4n) is 2.35. The van der Waals surface area contributed by atoms with E-state index in [0.29, 0.717) is 6.04 Å². The molecule has 0 saturated heterocycles. The molecule has 0 atom stereocenters. The molecule has 0 aromatic heterocycles. The van der Waals surface area contributed by atoms with Gasteiger partial charge in [0.25, 0.3) is 0 Å². The van der Waals surface area contributed by atoms with Crippen LogP contribution in [0.1, 0.15) is 52.9 Å². The normalized spacial score (nSPS) is 11.0. The van der Waals surface area contributed by atoms with Crippen molar-refractivity contribution in [2.45, 2.75) is 58.9 Å². The van der Waals surface area contributed by atoms with Gasteiger partial charge in [-0.2, -0.15) is 0 Å². The van der Waals surface area contributed by atoms with Crippen LogP contribution in [0.3, 0.4) is 0 Å². The third-order valence-corrected chi connectivity index (χ3v) is 3.56. The van der Waals surface area contributed by atoms with Crippen LogP contribution in [-0.4, -0.2) is 25.7 Å². The molecule has 1 aromatic rings. The molecule has 0 heterocycles. The highest BCUT2D eigenvalue weighted by molar-refractivity contribution is 5.45. The molecular formula is C18H32N2. The van der Waals surface area contributed by atoms with E-state index in [0.717, 1.165) is 6.54 Å². The summed E-state index contributed by atoms with van der Waals surface area (Å²) in [4.78, 5) is 2.54. The molecule has 20 heavy (non-hydrogen) atoms. The average molecular weight is 276 g/mol. The van der Waals surface area contributed by atoms with E-state index in [2.05, 4.69) is 61.3 Å². The van der Waals surface area contributed by atoms with Gasteiger partial charge in [0, 0.05) is 24.8 Å². The second-order valence-corrected chi connectivity index (χ2v) is 5.85. The molecule has 0 amide bonds. The second kappa shape index (κ2) is 10.7. The average Bonchev–Trinajstić information content (AvgIpc) is 2.46. The molecule has 0 bridgehead atoms. The van der Waals surface area contributed by atoms with E-state index in [1.54, 1.807) is 0 Å². The number of rotatable bonds is 11. The number of anilines is 1. The van der Waals surface area contributed by atoms with Gasteiger partial charge >= 0.3 is 0 Å². The van der Waals surface area contributed by atoms with Crippen LogP contribution in [0.25, 0.3) is 0 Å². The Morgan fingerprint density at radius 3 is 2.30 bits per heavy atom. The largest absolute Gasteiger partial charge is 0.372 e. The molecule has 2 heteroatoms. The smallest absolute Gasteiger partial charge is 0.0366 e. The van der Waals surface area contributed by atoms with E-state index < -0.39 is 0 Å². The third-order valence-electron chi connectivity index (χ3n) is 3.56. The van der Waals surface area contributed by atoms with E-state index in [-0.39, 0.29) is 0 Å². The summed E-state index contributed by atoms with van der Waals surface area (Å²) in [5, 5.41) is 3.49. The van der Waals surface area contributed by atoms with E-state index >= 15 is 0 Å². The summed E-state index contributed by atoms with van der Waals surface area (Å²) in [6.45, 7) is 10.2. The van der Waals surface area contributed by atoms with Gasteiger partial charge in [0.05, 0.1) is 0 Å². The number of para-hydroxylation sites is 1. The van der Waals surface area contributed by atoms with Crippen molar-refractivity contribution >= 4 is 5.69 Å². The lowest BCUT2D eigenvalue weighted by molar-refractivity contribution is 0.545. The summed E-state index contributed by atoms with van der Waals surface area (Å²) in [5.74, 6) is 0. The Morgan fingerprint density at radius 1 is 0.950 bits per heavy atom. The van der Waals surface area contributed by atoms with Crippen molar-refractivity contribution in [1.29, 1.82) is 0 Å². The van der Waals surface area contributed by atoms with Gasteiger partial charge < -0.3 is 10.2 Å². The molecule has 1 N–H and O–H groups in total. The maximum atomic E-state index is 3.49. The Bertz CT molecular complexity index is 321. The lowest BCUT2D eigenvalue weighted by atomic mass is 10.2. The SMILES string of the molecule is CCCCN(CCCCCNC(C)C)c1ccccc1. The third kappa shape index (κ3) is 7.54. The lowest BCUT2D eigenvalue weighted by Gasteiger charge is -2.24. The van der Waals surface area contributed by atoms with Gasteiger partial charge in [0.15, 0.2) is 0 Å². The van der Waals surface area contributed by atoms with Crippen molar-refractivity contribution < 1.29 is 0 Å². The molecule has 0 unspecified atom stereocenters. The highest BCUT2D eigenvalue weighted by Gasteiger charge is 2.04. The molecular weight excluding hydrogens is 244 g/mol. The molecule has 0 spiro atoms. The predicted molar refractivity (Wildman–Crippen MR) is 90.6 cm³/mol. The van der Waals surface area contributed by atoms with Gasteiger partial charge in [-0.1, -0.05) is 51.8 Å². The number of hydrogen-bond donors (Lipinski definition) is 1. The molecule has 0 aliphatic rings. The number of hydrogen-bond acceptors (Lipinski definition) is 2. The lowest BCUT2D eigenvalue weighted by Crippen LogP contribution is -2.26. The topological polar surface area (TPSA) is 15.3 Å². The first-order chi connectivity index (χ1) is 9.74. The van der Waals surface area contributed by atoms with Crippen LogP contribution in [0.2, 0.25) is 0 Å². The van der Waals surface area contributed by atoms with Gasteiger partial charge in [0.1, 0.15) is 0 Å². The van der Waals surface area contributed by atoms with Gasteiger partial charge in [-0.15, -0.1) is 0 Å². The van der Waals surface area contributed by atoms with E-state index in [1.807, 2.05) is 0 Å². The number of nitrogens with zero attached hydrogens (tertiary/aromatic N) is 1. The first-order valence-electron chi connectivity index (χ1n) is 8.27. The minimum Gasteiger partial charge on any atom is -0.372 e. The molecule has 0 aliphatic carbocycles. The maximum absolute atomic E-state index is 3.49. The zero-order valence-electron chi connectivity index (χ0n) is 13.6. The van der Waals surface area contributed by atoms with Crippen molar-refractivity contribution in [2.24, 2.45) is 0 Å². The van der Waals surface area contributed by atoms with Crippen molar-refractivity contribution in [2.75, 3.05) is 24.5 Å². The first-order valence-corrected chi connectivity index (χ1v) is 8.27. The van der Waals surface area contributed by atoms with Crippen molar-refractivity contribution in [3.8, 4) is 0 Å². The van der Waals surface area contributed by atoms with Gasteiger partial charge in [-0.3, -0.25) is 0 Å². The Hall–Kier alpha value is -1.02. The summed E-state index contributed by atoms with van der Waals surface area (Å²) in [5.41, 5.74) is 1.38. The summed E-state index contributed by atoms with van der Waals surface area (Å²) >= 11 is 0. The zero-order valence-corrected chi connectivity index (χ0v) is 13.6. The molecule has 0 saturated carbocycles. The Kier molecular flexibility index (Phi) is 9.14. The van der Waals surface area contributed by atoms with Crippen LogP contribution in [0, 0.1) is 0 Å². The van der Waals surface area contributed by atoms with E-state index in [1.165, 1.54) is 50.9 Å². The highest BCUT2D eigenvalue weighted by Crippen LogP contribution is 2.15. The molecule has 0 fully saturated rings. The Labute approximate surface area is 125 Å². The van der Waals surface area contributed by atoms with E-state index in [9.17, 15) is 0 Å². The quantitative estimate of drug-likeness (QED) is 0.600.